The normalized spacial score (nSPS) is 22.8. The molecule has 1 aliphatic rings. The summed E-state index contributed by atoms with van der Waals surface area (Å²) < 4.78 is 7.90. The Morgan fingerprint density at radius 3 is 3.17 bits per heavy atom. The van der Waals surface area contributed by atoms with Gasteiger partial charge in [0.2, 0.25) is 0 Å². The number of nitrogens with zero attached hydrogens (tertiary/aromatic N) is 2. The van der Waals surface area contributed by atoms with Crippen LogP contribution >= 0.6 is 23.9 Å². The van der Waals surface area contributed by atoms with E-state index < -0.39 is 0 Å². The molecule has 1 N–H and O–H groups in total. The van der Waals surface area contributed by atoms with E-state index in [1.807, 2.05) is 6.21 Å². The highest BCUT2D eigenvalue weighted by Gasteiger charge is 2.15. The third-order valence-electron chi connectivity index (χ3n) is 1.93. The summed E-state index contributed by atoms with van der Waals surface area (Å²) in [4.78, 5) is 4.37. The molecule has 0 aromatic carbocycles. The minimum absolute atomic E-state index is 0.216. The number of hydrogen-bond donors (Lipinski definition) is 1. The Morgan fingerprint density at radius 2 is 2.58 bits per heavy atom. The molecular formula is C7H9N3S2. The number of H-pyrrole nitrogens is 1. The van der Waals surface area contributed by atoms with E-state index in [-0.39, 0.29) is 6.04 Å². The summed E-state index contributed by atoms with van der Waals surface area (Å²) in [6, 6.07) is 0.216. The van der Waals surface area contributed by atoms with Gasteiger partial charge >= 0.3 is 0 Å². The molecule has 1 unspecified atom stereocenters. The lowest BCUT2D eigenvalue weighted by Gasteiger charge is -2.12. The van der Waals surface area contributed by atoms with Crippen LogP contribution in [0.3, 0.4) is 0 Å². The first-order valence-corrected chi connectivity index (χ1v) is 5.12. The zero-order chi connectivity index (χ0) is 8.39. The molecule has 12 heavy (non-hydrogen) atoms. The summed E-state index contributed by atoms with van der Waals surface area (Å²) in [5.41, 5.74) is 0.950. The summed E-state index contributed by atoms with van der Waals surface area (Å²) in [5, 5.41) is 0. The first kappa shape index (κ1) is 8.07. The van der Waals surface area contributed by atoms with Crippen LogP contribution in [0.25, 0.3) is 0 Å². The highest BCUT2D eigenvalue weighted by atomic mass is 32.1. The van der Waals surface area contributed by atoms with Gasteiger partial charge in [0.15, 0.2) is 0 Å². The van der Waals surface area contributed by atoms with Crippen LogP contribution < -0.4 is 0 Å². The fourth-order valence-corrected chi connectivity index (χ4v) is 2.20. The molecule has 0 aliphatic carbocycles. The van der Waals surface area contributed by atoms with Crippen LogP contribution in [0.1, 0.15) is 31.0 Å². The lowest BCUT2D eigenvalue weighted by atomic mass is 10.1. The summed E-state index contributed by atoms with van der Waals surface area (Å²) in [6.45, 7) is 0. The van der Waals surface area contributed by atoms with Crippen LogP contribution in [0.5, 0.6) is 0 Å². The monoisotopic (exact) mass is 199 g/mol. The van der Waals surface area contributed by atoms with Gasteiger partial charge in [0.1, 0.15) is 10.3 Å². The molecule has 3 nitrogen and oxygen atoms in total. The standard InChI is InChI=1S/C7H9N3S2/c11-7-6(9-12-10-7)5-3-1-2-4-8-5/h4-5H,1-3H2,(H,10,11). The highest BCUT2D eigenvalue weighted by Crippen LogP contribution is 2.25. The van der Waals surface area contributed by atoms with E-state index in [0.29, 0.717) is 0 Å². The van der Waals surface area contributed by atoms with Crippen molar-refractivity contribution in [2.45, 2.75) is 25.3 Å². The lowest BCUT2D eigenvalue weighted by molar-refractivity contribution is 0.592. The van der Waals surface area contributed by atoms with E-state index in [4.69, 9.17) is 12.2 Å². The molecule has 0 fully saturated rings. The second-order valence-corrected chi connectivity index (χ2v) is 3.75. The van der Waals surface area contributed by atoms with Crippen LogP contribution in [0.15, 0.2) is 4.99 Å². The summed E-state index contributed by atoms with van der Waals surface area (Å²) in [5.74, 6) is 0. The number of rotatable bonds is 1. The number of aliphatic imine (C=N–C) groups is 1. The van der Waals surface area contributed by atoms with Crippen molar-refractivity contribution in [1.29, 1.82) is 0 Å². The van der Waals surface area contributed by atoms with Gasteiger partial charge in [-0.05, 0) is 25.5 Å². The van der Waals surface area contributed by atoms with E-state index in [0.717, 1.165) is 23.2 Å². The van der Waals surface area contributed by atoms with Crippen molar-refractivity contribution in [2.24, 2.45) is 4.99 Å². The Kier molecular flexibility index (Phi) is 2.32. The first-order valence-electron chi connectivity index (χ1n) is 3.94. The first-order chi connectivity index (χ1) is 5.88. The molecule has 2 heterocycles. The fraction of sp³-hybridized carbons (Fsp3) is 0.571. The molecule has 0 amide bonds. The van der Waals surface area contributed by atoms with Crippen LogP contribution in [0.2, 0.25) is 0 Å². The van der Waals surface area contributed by atoms with Crippen molar-refractivity contribution in [2.75, 3.05) is 0 Å². The fourth-order valence-electron chi connectivity index (χ4n) is 1.31. The van der Waals surface area contributed by atoms with Crippen LogP contribution in [-0.2, 0) is 0 Å². The van der Waals surface area contributed by atoms with E-state index in [1.54, 1.807) is 0 Å². The summed E-state index contributed by atoms with van der Waals surface area (Å²) in [7, 11) is 0. The highest BCUT2D eigenvalue weighted by molar-refractivity contribution is 7.71. The Hall–Kier alpha value is -0.550. The molecule has 0 radical (unpaired) electrons. The van der Waals surface area contributed by atoms with Crippen LogP contribution in [-0.4, -0.2) is 15.0 Å². The third kappa shape index (κ3) is 1.47. The average Bonchev–Trinajstić information content (AvgIpc) is 2.53. The molecule has 2 rings (SSSR count). The van der Waals surface area contributed by atoms with Crippen molar-refractivity contribution in [3.8, 4) is 0 Å². The maximum atomic E-state index is 5.08. The second kappa shape index (κ2) is 3.45. The molecule has 0 saturated carbocycles. The number of nitrogens with one attached hydrogen (secondary N) is 1. The van der Waals surface area contributed by atoms with Crippen molar-refractivity contribution >= 4 is 30.2 Å². The zero-order valence-corrected chi connectivity index (χ0v) is 8.12. The molecular weight excluding hydrogens is 190 g/mol. The van der Waals surface area contributed by atoms with E-state index >= 15 is 0 Å². The summed E-state index contributed by atoms with van der Waals surface area (Å²) >= 11 is 6.39. The number of aromatic nitrogens is 2. The van der Waals surface area contributed by atoms with Gasteiger partial charge in [-0.3, -0.25) is 9.37 Å². The molecule has 0 saturated heterocycles. The predicted molar refractivity (Wildman–Crippen MR) is 52.4 cm³/mol. The van der Waals surface area contributed by atoms with E-state index in [9.17, 15) is 0 Å². The molecule has 1 aromatic heterocycles. The summed E-state index contributed by atoms with van der Waals surface area (Å²) in [6.07, 6.45) is 5.34. The Labute approximate surface area is 79.9 Å². The second-order valence-electron chi connectivity index (χ2n) is 2.78. The van der Waals surface area contributed by atoms with Crippen molar-refractivity contribution < 1.29 is 0 Å². The molecule has 0 bridgehead atoms. The van der Waals surface area contributed by atoms with Crippen molar-refractivity contribution in [3.63, 3.8) is 0 Å². The smallest absolute Gasteiger partial charge is 0.138 e. The van der Waals surface area contributed by atoms with Gasteiger partial charge in [0.25, 0.3) is 0 Å². The third-order valence-corrected chi connectivity index (χ3v) is 2.95. The molecule has 64 valence electrons. The largest absolute Gasteiger partial charge is 0.288 e. The Morgan fingerprint density at radius 1 is 1.67 bits per heavy atom. The topological polar surface area (TPSA) is 41.0 Å². The van der Waals surface area contributed by atoms with E-state index in [1.165, 1.54) is 18.1 Å². The Bertz CT molecular complexity index is 338. The molecule has 1 aliphatic heterocycles. The molecule has 0 spiro atoms. The van der Waals surface area contributed by atoms with Crippen LogP contribution in [0.4, 0.5) is 0 Å². The van der Waals surface area contributed by atoms with Crippen LogP contribution in [0, 0.1) is 4.64 Å². The minimum Gasteiger partial charge on any atom is -0.288 e. The van der Waals surface area contributed by atoms with Gasteiger partial charge in [-0.2, -0.15) is 4.37 Å². The Balaban J connectivity index is 2.30. The minimum atomic E-state index is 0.216. The molecule has 1 aromatic rings. The van der Waals surface area contributed by atoms with Gasteiger partial charge in [-0.1, -0.05) is 12.2 Å². The van der Waals surface area contributed by atoms with Crippen molar-refractivity contribution in [3.05, 3.63) is 10.3 Å². The predicted octanol–water partition coefficient (Wildman–Crippen LogP) is 2.50. The van der Waals surface area contributed by atoms with Gasteiger partial charge in [-0.25, -0.2) is 0 Å². The molecule has 1 atom stereocenters. The maximum Gasteiger partial charge on any atom is 0.138 e. The van der Waals surface area contributed by atoms with E-state index in [2.05, 4.69) is 13.7 Å². The number of aromatic amines is 1. The van der Waals surface area contributed by atoms with Gasteiger partial charge in [0.05, 0.1) is 6.04 Å². The van der Waals surface area contributed by atoms with Gasteiger partial charge in [0, 0.05) is 11.7 Å². The SMILES string of the molecule is S=c1[nH]snc1C1CCCC=N1. The maximum absolute atomic E-state index is 5.08. The number of hydrogen-bond acceptors (Lipinski definition) is 4. The average molecular weight is 199 g/mol. The zero-order valence-electron chi connectivity index (χ0n) is 6.49. The van der Waals surface area contributed by atoms with Crippen molar-refractivity contribution in [1.82, 2.24) is 8.75 Å². The molecule has 5 heteroatoms. The van der Waals surface area contributed by atoms with Gasteiger partial charge in [-0.15, -0.1) is 0 Å². The van der Waals surface area contributed by atoms with Gasteiger partial charge < -0.3 is 0 Å². The quantitative estimate of drug-likeness (QED) is 0.706. The lowest BCUT2D eigenvalue weighted by Crippen LogP contribution is -2.02.